The molecule has 1 aromatic rings. The van der Waals surface area contributed by atoms with Crippen LogP contribution in [0.25, 0.3) is 12.2 Å². The molecular formula is C16H20O2. The van der Waals surface area contributed by atoms with E-state index in [0.717, 1.165) is 5.42 Å². The van der Waals surface area contributed by atoms with Gasteiger partial charge in [-0.05, 0) is 30.1 Å². The predicted octanol–water partition coefficient (Wildman–Crippen LogP) is 1.74. The summed E-state index contributed by atoms with van der Waals surface area (Å²) in [6.45, 7) is 8.49. The molecule has 2 aliphatic carbocycles. The molecule has 2 nitrogen and oxygen atoms in total. The Bertz CT molecular complexity index is 635. The Hall–Kier alpha value is -1.28. The molecule has 0 unspecified atom stereocenters. The normalized spacial score (nSPS) is 38.1. The van der Waals surface area contributed by atoms with Crippen LogP contribution in [0.3, 0.4) is 0 Å². The minimum Gasteiger partial charge on any atom is -0.464 e. The van der Waals surface area contributed by atoms with E-state index in [9.17, 15) is 5.11 Å². The van der Waals surface area contributed by atoms with Gasteiger partial charge >= 0.3 is 0 Å². The second kappa shape index (κ2) is 3.61. The molecular weight excluding hydrogens is 224 g/mol. The van der Waals surface area contributed by atoms with Gasteiger partial charge in [0.05, 0.1) is 12.4 Å². The highest BCUT2D eigenvalue weighted by molar-refractivity contribution is 5.63. The molecule has 2 heteroatoms. The van der Waals surface area contributed by atoms with Crippen LogP contribution in [0.1, 0.15) is 26.3 Å². The van der Waals surface area contributed by atoms with Gasteiger partial charge in [0.15, 0.2) is 0 Å². The fourth-order valence-corrected chi connectivity index (χ4v) is 3.26. The van der Waals surface area contributed by atoms with Crippen molar-refractivity contribution < 1.29 is 9.52 Å². The molecule has 1 aromatic heterocycles. The lowest BCUT2D eigenvalue weighted by atomic mass is 9.62. The van der Waals surface area contributed by atoms with Crippen molar-refractivity contribution in [2.24, 2.45) is 17.3 Å². The first-order valence-corrected chi connectivity index (χ1v) is 6.62. The van der Waals surface area contributed by atoms with Crippen LogP contribution < -0.4 is 10.6 Å². The molecule has 0 amide bonds. The summed E-state index contributed by atoms with van der Waals surface area (Å²) in [5.41, 5.74) is 3.30. The predicted molar refractivity (Wildman–Crippen MR) is 72.1 cm³/mol. The van der Waals surface area contributed by atoms with Crippen LogP contribution in [0.15, 0.2) is 22.3 Å². The van der Waals surface area contributed by atoms with E-state index in [1.54, 1.807) is 0 Å². The largest absolute Gasteiger partial charge is 0.464 e. The van der Waals surface area contributed by atoms with Gasteiger partial charge in [-0.15, -0.1) is 0 Å². The number of hydrogen-bond acceptors (Lipinski definition) is 2. The van der Waals surface area contributed by atoms with Gasteiger partial charge < -0.3 is 9.52 Å². The first kappa shape index (κ1) is 11.8. The lowest BCUT2D eigenvalue weighted by Crippen LogP contribution is -2.45. The Balaban J connectivity index is 2.30. The summed E-state index contributed by atoms with van der Waals surface area (Å²) in [6.07, 6.45) is 8.12. The summed E-state index contributed by atoms with van der Waals surface area (Å²) in [5.74, 6) is 0.413. The van der Waals surface area contributed by atoms with Gasteiger partial charge in [-0.1, -0.05) is 32.9 Å². The lowest BCUT2D eigenvalue weighted by Gasteiger charge is -2.44. The Morgan fingerprint density at radius 1 is 1.33 bits per heavy atom. The maximum atomic E-state index is 10.3. The number of aliphatic hydroxyl groups excluding tert-OH is 1. The monoisotopic (exact) mass is 244 g/mol. The second-order valence-electron chi connectivity index (χ2n) is 6.03. The molecule has 3 rings (SSSR count). The molecule has 0 radical (unpaired) electrons. The SMILES string of the molecule is Cc1coc2c1=C[C@@]1(C)C(=C[C@@H](C)[C@H](O)[C@@H]1C)C=2. The molecule has 0 aliphatic heterocycles. The Kier molecular flexibility index (Phi) is 2.36. The van der Waals surface area contributed by atoms with Crippen molar-refractivity contribution in [1.82, 2.24) is 0 Å². The zero-order valence-corrected chi connectivity index (χ0v) is 11.4. The molecule has 0 bridgehead atoms. The molecule has 4 atom stereocenters. The average molecular weight is 244 g/mol. The second-order valence-corrected chi connectivity index (χ2v) is 6.03. The fraction of sp³-hybridized carbons (Fsp3) is 0.500. The summed E-state index contributed by atoms with van der Waals surface area (Å²) in [6, 6.07) is 0. The van der Waals surface area contributed by atoms with Gasteiger partial charge in [0.2, 0.25) is 0 Å². The standard InChI is InChI=1S/C16H20O2/c1-9-5-12-6-14-13(10(2)8-18-14)7-16(12,4)11(3)15(9)17/h5-9,11,15,17H,1-4H3/t9-,11+,15+,16-/m1/s1. The Morgan fingerprint density at radius 3 is 2.78 bits per heavy atom. The van der Waals surface area contributed by atoms with E-state index in [4.69, 9.17) is 4.42 Å². The third-order valence-corrected chi connectivity index (χ3v) is 4.85. The number of allylic oxidation sites excluding steroid dienone is 1. The lowest BCUT2D eigenvalue weighted by molar-refractivity contribution is 0.0398. The van der Waals surface area contributed by atoms with Crippen molar-refractivity contribution in [3.8, 4) is 0 Å². The summed E-state index contributed by atoms with van der Waals surface area (Å²) >= 11 is 0. The molecule has 1 heterocycles. The van der Waals surface area contributed by atoms with E-state index < -0.39 is 0 Å². The minimum absolute atomic E-state index is 0.0897. The van der Waals surface area contributed by atoms with Crippen molar-refractivity contribution >= 4 is 12.2 Å². The highest BCUT2D eigenvalue weighted by Crippen LogP contribution is 2.46. The van der Waals surface area contributed by atoms with Crippen molar-refractivity contribution in [2.75, 3.05) is 0 Å². The van der Waals surface area contributed by atoms with Crippen molar-refractivity contribution in [3.63, 3.8) is 0 Å². The molecule has 0 fully saturated rings. The third kappa shape index (κ3) is 1.39. The van der Waals surface area contributed by atoms with E-state index in [1.165, 1.54) is 16.4 Å². The number of rotatable bonds is 0. The summed E-state index contributed by atoms with van der Waals surface area (Å²) in [5, 5.41) is 11.5. The zero-order valence-electron chi connectivity index (χ0n) is 11.4. The van der Waals surface area contributed by atoms with E-state index in [2.05, 4.69) is 45.9 Å². The number of hydrogen-bond donors (Lipinski definition) is 1. The summed E-state index contributed by atoms with van der Waals surface area (Å²) in [4.78, 5) is 0. The van der Waals surface area contributed by atoms with Gasteiger partial charge in [-0.25, -0.2) is 0 Å². The molecule has 0 aromatic carbocycles. The maximum Gasteiger partial charge on any atom is 0.134 e. The van der Waals surface area contributed by atoms with E-state index >= 15 is 0 Å². The maximum absolute atomic E-state index is 10.3. The topological polar surface area (TPSA) is 33.4 Å². The van der Waals surface area contributed by atoms with Crippen LogP contribution in [0.2, 0.25) is 0 Å². The number of aliphatic hydroxyl groups is 1. The molecule has 2 aliphatic rings. The minimum atomic E-state index is -0.280. The molecule has 0 saturated heterocycles. The zero-order chi connectivity index (χ0) is 13.1. The number of aryl methyl sites for hydroxylation is 1. The van der Waals surface area contributed by atoms with E-state index in [1.807, 2.05) is 6.26 Å². The van der Waals surface area contributed by atoms with Gasteiger partial charge in [-0.3, -0.25) is 0 Å². The molecule has 0 spiro atoms. The van der Waals surface area contributed by atoms with Crippen LogP contribution >= 0.6 is 0 Å². The first-order valence-electron chi connectivity index (χ1n) is 6.62. The van der Waals surface area contributed by atoms with Crippen LogP contribution in [0, 0.1) is 24.2 Å². The fourth-order valence-electron chi connectivity index (χ4n) is 3.26. The molecule has 1 N–H and O–H groups in total. The summed E-state index contributed by atoms with van der Waals surface area (Å²) in [7, 11) is 0. The smallest absolute Gasteiger partial charge is 0.134 e. The molecule has 18 heavy (non-hydrogen) atoms. The van der Waals surface area contributed by atoms with Crippen molar-refractivity contribution in [2.45, 2.75) is 33.8 Å². The van der Waals surface area contributed by atoms with E-state index in [0.29, 0.717) is 0 Å². The highest BCUT2D eigenvalue weighted by Gasteiger charge is 2.42. The van der Waals surface area contributed by atoms with Crippen LogP contribution in [-0.2, 0) is 0 Å². The summed E-state index contributed by atoms with van der Waals surface area (Å²) < 4.78 is 5.59. The van der Waals surface area contributed by atoms with Crippen LogP contribution in [-0.4, -0.2) is 11.2 Å². The Morgan fingerprint density at radius 2 is 2.06 bits per heavy atom. The highest BCUT2D eigenvalue weighted by atomic mass is 16.3. The quantitative estimate of drug-likeness (QED) is 0.754. The van der Waals surface area contributed by atoms with Crippen molar-refractivity contribution in [3.05, 3.63) is 34.1 Å². The third-order valence-electron chi connectivity index (χ3n) is 4.85. The van der Waals surface area contributed by atoms with Gasteiger partial charge in [0, 0.05) is 16.6 Å². The first-order chi connectivity index (χ1) is 8.43. The number of furan rings is 1. The van der Waals surface area contributed by atoms with Gasteiger partial charge in [0.25, 0.3) is 0 Å². The van der Waals surface area contributed by atoms with Gasteiger partial charge in [-0.2, -0.15) is 0 Å². The van der Waals surface area contributed by atoms with Crippen molar-refractivity contribution in [1.29, 1.82) is 0 Å². The molecule has 0 saturated carbocycles. The number of fused-ring (bicyclic) bond motifs is 2. The van der Waals surface area contributed by atoms with Gasteiger partial charge in [0.1, 0.15) is 5.42 Å². The van der Waals surface area contributed by atoms with E-state index in [-0.39, 0.29) is 23.4 Å². The molecule has 96 valence electrons. The van der Waals surface area contributed by atoms with Crippen LogP contribution in [0.4, 0.5) is 0 Å². The Labute approximate surface area is 107 Å². The average Bonchev–Trinajstić information content (AvgIpc) is 2.67. The van der Waals surface area contributed by atoms with Crippen LogP contribution in [0.5, 0.6) is 0 Å².